The van der Waals surface area contributed by atoms with Crippen molar-refractivity contribution in [2.24, 2.45) is 7.05 Å². The first-order valence-electron chi connectivity index (χ1n) is 9.24. The summed E-state index contributed by atoms with van der Waals surface area (Å²) >= 11 is 0. The summed E-state index contributed by atoms with van der Waals surface area (Å²) in [5.41, 5.74) is 7.66. The van der Waals surface area contributed by atoms with Crippen LogP contribution in [-0.4, -0.2) is 19.1 Å². The van der Waals surface area contributed by atoms with Gasteiger partial charge >= 0.3 is 5.69 Å². The molecule has 0 bridgehead atoms. The van der Waals surface area contributed by atoms with Crippen LogP contribution in [0, 0.1) is 13.8 Å². The summed E-state index contributed by atoms with van der Waals surface area (Å²) in [5, 5.41) is 1.10. The number of nitrogens with one attached hydrogen (secondary N) is 1. The van der Waals surface area contributed by atoms with E-state index in [1.807, 2.05) is 37.5 Å². The Balaban J connectivity index is 1.74. The third-order valence-electron chi connectivity index (χ3n) is 5.21. The maximum atomic E-state index is 12.7. The maximum absolute atomic E-state index is 12.7. The molecule has 5 rings (SSSR count). The third-order valence-corrected chi connectivity index (χ3v) is 5.21. The Bertz CT molecular complexity index is 1400. The second-order valence-corrected chi connectivity index (χ2v) is 7.40. The molecule has 2 aromatic carbocycles. The number of pyridine rings is 1. The molecule has 0 amide bonds. The Morgan fingerprint density at radius 3 is 2.50 bits per heavy atom. The molecule has 0 fully saturated rings. The van der Waals surface area contributed by atoms with E-state index >= 15 is 0 Å². The van der Waals surface area contributed by atoms with E-state index in [0.717, 1.165) is 38.9 Å². The molecule has 28 heavy (non-hydrogen) atoms. The molecule has 0 aliphatic rings. The van der Waals surface area contributed by atoms with E-state index in [4.69, 9.17) is 0 Å². The Hall–Kier alpha value is -3.60. The van der Waals surface area contributed by atoms with Crippen molar-refractivity contribution in [3.05, 3.63) is 82.5 Å². The van der Waals surface area contributed by atoms with Gasteiger partial charge in [-0.2, -0.15) is 0 Å². The number of imidazole rings is 1. The van der Waals surface area contributed by atoms with Gasteiger partial charge in [-0.05, 0) is 56.3 Å². The highest BCUT2D eigenvalue weighted by Crippen LogP contribution is 2.25. The van der Waals surface area contributed by atoms with Gasteiger partial charge < -0.3 is 9.55 Å². The normalized spacial score (nSPS) is 11.5. The Morgan fingerprint density at radius 2 is 1.71 bits per heavy atom. The SMILES string of the molecule is Cc1cc(C)cc(-c2cc3c(cn2)[nH]c(=O)n3-c2ccc3c(ccn3C)c2)c1. The van der Waals surface area contributed by atoms with Crippen LogP contribution in [0.4, 0.5) is 0 Å². The van der Waals surface area contributed by atoms with E-state index in [9.17, 15) is 4.79 Å². The van der Waals surface area contributed by atoms with Crippen LogP contribution in [0.3, 0.4) is 0 Å². The number of aromatic amines is 1. The number of aryl methyl sites for hydroxylation is 3. The van der Waals surface area contributed by atoms with Crippen molar-refractivity contribution in [3.8, 4) is 16.9 Å². The van der Waals surface area contributed by atoms with Crippen LogP contribution in [0.1, 0.15) is 11.1 Å². The van der Waals surface area contributed by atoms with Gasteiger partial charge in [0.2, 0.25) is 0 Å². The van der Waals surface area contributed by atoms with E-state index in [2.05, 4.69) is 52.6 Å². The molecule has 5 nitrogen and oxygen atoms in total. The zero-order valence-electron chi connectivity index (χ0n) is 16.0. The summed E-state index contributed by atoms with van der Waals surface area (Å²) in [4.78, 5) is 20.2. The fourth-order valence-corrected chi connectivity index (χ4v) is 3.95. The summed E-state index contributed by atoms with van der Waals surface area (Å²) in [5.74, 6) is 0. The van der Waals surface area contributed by atoms with E-state index in [1.54, 1.807) is 10.8 Å². The number of aromatic nitrogens is 4. The molecule has 0 aliphatic carbocycles. The van der Waals surface area contributed by atoms with Gasteiger partial charge in [-0.1, -0.05) is 17.2 Å². The van der Waals surface area contributed by atoms with E-state index in [0.29, 0.717) is 0 Å². The molecule has 0 saturated heterocycles. The number of hydrogen-bond acceptors (Lipinski definition) is 2. The van der Waals surface area contributed by atoms with Crippen molar-refractivity contribution in [1.29, 1.82) is 0 Å². The number of benzene rings is 2. The average molecular weight is 368 g/mol. The van der Waals surface area contributed by atoms with Gasteiger partial charge in [0.15, 0.2) is 0 Å². The smallest absolute Gasteiger partial charge is 0.331 e. The summed E-state index contributed by atoms with van der Waals surface area (Å²) in [6, 6.07) is 16.5. The molecule has 3 aromatic heterocycles. The molecular weight excluding hydrogens is 348 g/mol. The van der Waals surface area contributed by atoms with Gasteiger partial charge in [0.05, 0.1) is 28.6 Å². The van der Waals surface area contributed by atoms with Gasteiger partial charge in [-0.25, -0.2) is 4.79 Å². The lowest BCUT2D eigenvalue weighted by Gasteiger charge is -2.07. The Morgan fingerprint density at radius 1 is 0.929 bits per heavy atom. The van der Waals surface area contributed by atoms with E-state index in [1.165, 1.54) is 11.1 Å². The first-order valence-corrected chi connectivity index (χ1v) is 9.24. The van der Waals surface area contributed by atoms with Crippen molar-refractivity contribution < 1.29 is 0 Å². The lowest BCUT2D eigenvalue weighted by Crippen LogP contribution is -2.14. The van der Waals surface area contributed by atoms with Gasteiger partial charge in [-0.3, -0.25) is 9.55 Å². The highest BCUT2D eigenvalue weighted by molar-refractivity contribution is 5.85. The minimum atomic E-state index is -0.162. The van der Waals surface area contributed by atoms with Crippen molar-refractivity contribution >= 4 is 21.9 Å². The second kappa shape index (κ2) is 5.96. The van der Waals surface area contributed by atoms with Crippen LogP contribution in [-0.2, 0) is 7.05 Å². The van der Waals surface area contributed by atoms with Crippen LogP contribution in [0.2, 0.25) is 0 Å². The van der Waals surface area contributed by atoms with Crippen molar-refractivity contribution in [2.45, 2.75) is 13.8 Å². The molecule has 5 heteroatoms. The Kier molecular flexibility index (Phi) is 3.52. The van der Waals surface area contributed by atoms with Gasteiger partial charge in [-0.15, -0.1) is 0 Å². The van der Waals surface area contributed by atoms with Crippen LogP contribution in [0.25, 0.3) is 38.9 Å². The lowest BCUT2D eigenvalue weighted by molar-refractivity contribution is 0.967. The van der Waals surface area contributed by atoms with Crippen molar-refractivity contribution in [2.75, 3.05) is 0 Å². The number of hydrogen-bond donors (Lipinski definition) is 1. The maximum Gasteiger partial charge on any atom is 0.331 e. The minimum absolute atomic E-state index is 0.162. The van der Waals surface area contributed by atoms with Crippen LogP contribution in [0.15, 0.2) is 65.7 Å². The monoisotopic (exact) mass is 368 g/mol. The molecule has 1 N–H and O–H groups in total. The molecule has 3 heterocycles. The fourth-order valence-electron chi connectivity index (χ4n) is 3.95. The predicted molar refractivity (Wildman–Crippen MR) is 113 cm³/mol. The fraction of sp³-hybridized carbons (Fsp3) is 0.130. The molecule has 0 saturated carbocycles. The molecule has 138 valence electrons. The number of H-pyrrole nitrogens is 1. The molecule has 0 atom stereocenters. The van der Waals surface area contributed by atoms with Gasteiger partial charge in [0, 0.05) is 29.7 Å². The standard InChI is InChI=1S/C23H20N4O/c1-14-8-15(2)10-17(9-14)19-12-22-20(13-24-19)25-23(28)27(22)18-4-5-21-16(11-18)6-7-26(21)3/h4-13H,1-3H3,(H,25,28). The second-order valence-electron chi connectivity index (χ2n) is 7.40. The zero-order valence-corrected chi connectivity index (χ0v) is 16.0. The zero-order chi connectivity index (χ0) is 19.4. The lowest BCUT2D eigenvalue weighted by atomic mass is 10.0. The molecule has 5 aromatic rings. The Labute approximate surface area is 161 Å². The van der Waals surface area contributed by atoms with Crippen molar-refractivity contribution in [3.63, 3.8) is 0 Å². The van der Waals surface area contributed by atoms with Crippen LogP contribution >= 0.6 is 0 Å². The summed E-state index contributed by atoms with van der Waals surface area (Å²) in [6.07, 6.45) is 3.76. The average Bonchev–Trinajstić information content (AvgIpc) is 3.19. The molecule has 0 spiro atoms. The number of fused-ring (bicyclic) bond motifs is 2. The van der Waals surface area contributed by atoms with Gasteiger partial charge in [0.25, 0.3) is 0 Å². The number of nitrogens with zero attached hydrogens (tertiary/aromatic N) is 3. The van der Waals surface area contributed by atoms with Gasteiger partial charge in [0.1, 0.15) is 0 Å². The van der Waals surface area contributed by atoms with Crippen LogP contribution < -0.4 is 5.69 Å². The molecule has 0 radical (unpaired) electrons. The van der Waals surface area contributed by atoms with E-state index in [-0.39, 0.29) is 5.69 Å². The first kappa shape index (κ1) is 16.6. The topological polar surface area (TPSA) is 55.6 Å². The van der Waals surface area contributed by atoms with Crippen molar-refractivity contribution in [1.82, 2.24) is 19.1 Å². The third kappa shape index (κ3) is 2.55. The summed E-state index contributed by atoms with van der Waals surface area (Å²) < 4.78 is 3.79. The minimum Gasteiger partial charge on any atom is -0.351 e. The summed E-state index contributed by atoms with van der Waals surface area (Å²) in [6.45, 7) is 4.16. The highest BCUT2D eigenvalue weighted by atomic mass is 16.1. The molecule has 0 unspecified atom stereocenters. The largest absolute Gasteiger partial charge is 0.351 e. The highest BCUT2D eigenvalue weighted by Gasteiger charge is 2.12. The van der Waals surface area contributed by atoms with Crippen LogP contribution in [0.5, 0.6) is 0 Å². The number of rotatable bonds is 2. The summed E-state index contributed by atoms with van der Waals surface area (Å²) in [7, 11) is 2.02. The predicted octanol–water partition coefficient (Wildman–Crippen LogP) is 4.49. The quantitative estimate of drug-likeness (QED) is 0.499. The molecule has 0 aliphatic heterocycles. The van der Waals surface area contributed by atoms with E-state index < -0.39 is 0 Å². The molecular formula is C23H20N4O. The first-order chi connectivity index (χ1) is 13.5.